The topological polar surface area (TPSA) is 73.6 Å². The Morgan fingerprint density at radius 3 is 2.37 bits per heavy atom. The number of rotatable bonds is 5. The van der Waals surface area contributed by atoms with Crippen LogP contribution in [0.2, 0.25) is 0 Å². The standard InChI is InChI=1S/C14H20N2O3/c1-9-6-11(18-2)12(19-3)7-10(9)16-13(17)14(8-15)4-5-14/h6-7H,4-5,8,15H2,1-3H3,(H,16,17). The molecule has 0 bridgehead atoms. The van der Waals surface area contributed by atoms with Crippen LogP contribution < -0.4 is 20.5 Å². The molecule has 0 aliphatic heterocycles. The van der Waals surface area contributed by atoms with Gasteiger partial charge in [-0.05, 0) is 31.4 Å². The van der Waals surface area contributed by atoms with E-state index < -0.39 is 0 Å². The molecule has 2 rings (SSSR count). The minimum Gasteiger partial charge on any atom is -0.493 e. The number of nitrogens with two attached hydrogens (primary N) is 1. The Morgan fingerprint density at radius 2 is 1.89 bits per heavy atom. The second-order valence-corrected chi connectivity index (χ2v) is 4.96. The minimum absolute atomic E-state index is 0.00896. The molecule has 0 atom stereocenters. The van der Waals surface area contributed by atoms with Crippen LogP contribution in [0.1, 0.15) is 18.4 Å². The van der Waals surface area contributed by atoms with E-state index >= 15 is 0 Å². The molecule has 1 aromatic rings. The van der Waals surface area contributed by atoms with Crippen LogP contribution in [0.4, 0.5) is 5.69 Å². The molecule has 0 saturated heterocycles. The molecule has 3 N–H and O–H groups in total. The van der Waals surface area contributed by atoms with Crippen molar-refractivity contribution >= 4 is 11.6 Å². The normalized spacial score (nSPS) is 15.8. The Bertz CT molecular complexity index is 496. The first-order chi connectivity index (χ1) is 9.06. The Morgan fingerprint density at radius 1 is 1.32 bits per heavy atom. The van der Waals surface area contributed by atoms with Crippen molar-refractivity contribution in [3.63, 3.8) is 0 Å². The van der Waals surface area contributed by atoms with Crippen LogP contribution in [0.15, 0.2) is 12.1 Å². The number of ether oxygens (including phenoxy) is 2. The molecule has 1 amide bonds. The van der Waals surface area contributed by atoms with Gasteiger partial charge in [0.2, 0.25) is 5.91 Å². The highest BCUT2D eigenvalue weighted by molar-refractivity contribution is 5.98. The monoisotopic (exact) mass is 264 g/mol. The highest BCUT2D eigenvalue weighted by Crippen LogP contribution is 2.45. The smallest absolute Gasteiger partial charge is 0.231 e. The molecule has 19 heavy (non-hydrogen) atoms. The predicted molar refractivity (Wildman–Crippen MR) is 73.6 cm³/mol. The average molecular weight is 264 g/mol. The summed E-state index contributed by atoms with van der Waals surface area (Å²) in [6.45, 7) is 2.31. The summed E-state index contributed by atoms with van der Waals surface area (Å²) in [7, 11) is 3.16. The third-order valence-corrected chi connectivity index (χ3v) is 3.70. The Kier molecular flexibility index (Phi) is 3.66. The van der Waals surface area contributed by atoms with E-state index in [4.69, 9.17) is 15.2 Å². The van der Waals surface area contributed by atoms with Crippen molar-refractivity contribution in [3.05, 3.63) is 17.7 Å². The van der Waals surface area contributed by atoms with Gasteiger partial charge in [-0.25, -0.2) is 0 Å². The van der Waals surface area contributed by atoms with Crippen molar-refractivity contribution in [2.24, 2.45) is 11.1 Å². The maximum Gasteiger partial charge on any atom is 0.231 e. The van der Waals surface area contributed by atoms with Crippen LogP contribution >= 0.6 is 0 Å². The fourth-order valence-corrected chi connectivity index (χ4v) is 2.04. The summed E-state index contributed by atoms with van der Waals surface area (Å²) in [5.74, 6) is 1.24. The lowest BCUT2D eigenvalue weighted by Gasteiger charge is -2.16. The number of carbonyl (C=O) groups excluding carboxylic acids is 1. The first kappa shape index (κ1) is 13.7. The van der Waals surface area contributed by atoms with Gasteiger partial charge in [0, 0.05) is 18.3 Å². The Hall–Kier alpha value is -1.75. The van der Waals surface area contributed by atoms with E-state index in [1.807, 2.05) is 13.0 Å². The molecule has 1 aromatic carbocycles. The molecule has 1 fully saturated rings. The molecule has 0 radical (unpaired) electrons. The number of nitrogens with one attached hydrogen (secondary N) is 1. The van der Waals surface area contributed by atoms with Crippen LogP contribution in [0.25, 0.3) is 0 Å². The first-order valence-electron chi connectivity index (χ1n) is 6.30. The molecule has 1 aliphatic rings. The third-order valence-electron chi connectivity index (χ3n) is 3.70. The van der Waals surface area contributed by atoms with Gasteiger partial charge in [-0.2, -0.15) is 0 Å². The highest BCUT2D eigenvalue weighted by atomic mass is 16.5. The molecule has 0 aromatic heterocycles. The van der Waals surface area contributed by atoms with Crippen LogP contribution in [0.3, 0.4) is 0 Å². The van der Waals surface area contributed by atoms with Crippen molar-refractivity contribution in [3.8, 4) is 11.5 Å². The van der Waals surface area contributed by atoms with Gasteiger partial charge in [0.25, 0.3) is 0 Å². The van der Waals surface area contributed by atoms with Crippen molar-refractivity contribution < 1.29 is 14.3 Å². The van der Waals surface area contributed by atoms with Crippen molar-refractivity contribution in [2.75, 3.05) is 26.1 Å². The number of hydrogen-bond acceptors (Lipinski definition) is 4. The fourth-order valence-electron chi connectivity index (χ4n) is 2.04. The molecule has 0 unspecified atom stereocenters. The molecule has 0 heterocycles. The van der Waals surface area contributed by atoms with Gasteiger partial charge in [0.05, 0.1) is 19.6 Å². The van der Waals surface area contributed by atoms with E-state index in [9.17, 15) is 4.79 Å². The minimum atomic E-state index is -0.362. The molecule has 0 spiro atoms. The number of anilines is 1. The zero-order valence-electron chi connectivity index (χ0n) is 11.6. The van der Waals surface area contributed by atoms with Gasteiger partial charge in [-0.1, -0.05) is 0 Å². The number of amides is 1. The van der Waals surface area contributed by atoms with Crippen molar-refractivity contribution in [1.82, 2.24) is 0 Å². The number of methoxy groups -OCH3 is 2. The fraction of sp³-hybridized carbons (Fsp3) is 0.500. The van der Waals surface area contributed by atoms with Gasteiger partial charge in [0.15, 0.2) is 11.5 Å². The van der Waals surface area contributed by atoms with E-state index in [0.717, 1.165) is 24.1 Å². The van der Waals surface area contributed by atoms with Gasteiger partial charge >= 0.3 is 0 Å². The summed E-state index contributed by atoms with van der Waals surface area (Å²) in [5.41, 5.74) is 6.96. The van der Waals surface area contributed by atoms with Crippen LogP contribution in [-0.4, -0.2) is 26.7 Å². The van der Waals surface area contributed by atoms with E-state index in [1.165, 1.54) is 0 Å². The zero-order valence-corrected chi connectivity index (χ0v) is 11.6. The number of benzene rings is 1. The van der Waals surface area contributed by atoms with Crippen molar-refractivity contribution in [1.29, 1.82) is 0 Å². The predicted octanol–water partition coefficient (Wildman–Crippen LogP) is 1.69. The van der Waals surface area contributed by atoms with E-state index in [-0.39, 0.29) is 11.3 Å². The molecular formula is C14H20N2O3. The molecule has 104 valence electrons. The maximum atomic E-state index is 12.2. The maximum absolute atomic E-state index is 12.2. The van der Waals surface area contributed by atoms with Crippen molar-refractivity contribution in [2.45, 2.75) is 19.8 Å². The lowest BCUT2D eigenvalue weighted by Crippen LogP contribution is -2.31. The third kappa shape index (κ3) is 2.51. The SMILES string of the molecule is COc1cc(C)c(NC(=O)C2(CN)CC2)cc1OC. The quantitative estimate of drug-likeness (QED) is 0.848. The summed E-state index contributed by atoms with van der Waals surface area (Å²) in [5, 5.41) is 2.94. The van der Waals surface area contributed by atoms with Crippen LogP contribution in [0, 0.1) is 12.3 Å². The van der Waals surface area contributed by atoms with Gasteiger partial charge in [-0.15, -0.1) is 0 Å². The number of aryl methyl sites for hydroxylation is 1. The lowest BCUT2D eigenvalue weighted by atomic mass is 10.1. The molecular weight excluding hydrogens is 244 g/mol. The van der Waals surface area contributed by atoms with E-state index in [2.05, 4.69) is 5.32 Å². The first-order valence-corrected chi connectivity index (χ1v) is 6.30. The average Bonchev–Trinajstić information content (AvgIpc) is 3.21. The second kappa shape index (κ2) is 5.09. The summed E-state index contributed by atoms with van der Waals surface area (Å²) >= 11 is 0. The second-order valence-electron chi connectivity index (χ2n) is 4.96. The molecule has 1 saturated carbocycles. The zero-order chi connectivity index (χ0) is 14.0. The summed E-state index contributed by atoms with van der Waals surface area (Å²) < 4.78 is 10.5. The van der Waals surface area contributed by atoms with Gasteiger partial charge < -0.3 is 20.5 Å². The summed E-state index contributed by atoms with van der Waals surface area (Å²) in [4.78, 5) is 12.2. The molecule has 1 aliphatic carbocycles. The van der Waals surface area contributed by atoms with Crippen LogP contribution in [0.5, 0.6) is 11.5 Å². The summed E-state index contributed by atoms with van der Waals surface area (Å²) in [6.07, 6.45) is 1.73. The largest absolute Gasteiger partial charge is 0.493 e. The van der Waals surface area contributed by atoms with Gasteiger partial charge in [0.1, 0.15) is 0 Å². The molecule has 5 nitrogen and oxygen atoms in total. The Balaban J connectivity index is 2.23. The lowest BCUT2D eigenvalue weighted by molar-refractivity contribution is -0.120. The highest BCUT2D eigenvalue weighted by Gasteiger charge is 2.48. The summed E-state index contributed by atoms with van der Waals surface area (Å²) in [6, 6.07) is 3.62. The molecule has 5 heteroatoms. The van der Waals surface area contributed by atoms with Gasteiger partial charge in [-0.3, -0.25) is 4.79 Å². The van der Waals surface area contributed by atoms with E-state index in [0.29, 0.717) is 18.0 Å². The van der Waals surface area contributed by atoms with Crippen LogP contribution in [-0.2, 0) is 4.79 Å². The Labute approximate surface area is 113 Å². The number of hydrogen-bond donors (Lipinski definition) is 2. The number of carbonyl (C=O) groups is 1. The van der Waals surface area contributed by atoms with E-state index in [1.54, 1.807) is 20.3 Å².